The van der Waals surface area contributed by atoms with E-state index >= 15 is 0 Å². The Morgan fingerprint density at radius 1 is 1.10 bits per heavy atom. The highest BCUT2D eigenvalue weighted by Gasteiger charge is 2.19. The molecule has 0 saturated heterocycles. The van der Waals surface area contributed by atoms with Crippen LogP contribution in [0.15, 0.2) is 0 Å². The van der Waals surface area contributed by atoms with Crippen LogP contribution in [0.5, 0.6) is 0 Å². The lowest BCUT2D eigenvalue weighted by Crippen LogP contribution is -2.47. The van der Waals surface area contributed by atoms with Crippen LogP contribution in [-0.2, 0) is 14.3 Å². The molecular formula is C11H21N3O6. The Morgan fingerprint density at radius 3 is 2.10 bits per heavy atom. The molecular weight excluding hydrogens is 270 g/mol. The minimum Gasteiger partial charge on any atom is -0.480 e. The van der Waals surface area contributed by atoms with Crippen molar-refractivity contribution in [2.45, 2.75) is 0 Å². The van der Waals surface area contributed by atoms with E-state index in [0.29, 0.717) is 19.7 Å². The maximum Gasteiger partial charge on any atom is 0.323 e. The van der Waals surface area contributed by atoms with Gasteiger partial charge in [0, 0.05) is 26.7 Å². The van der Waals surface area contributed by atoms with E-state index in [1.54, 1.807) is 7.11 Å². The topological polar surface area (TPSA) is 119 Å². The largest absolute Gasteiger partial charge is 0.480 e. The van der Waals surface area contributed by atoms with E-state index in [9.17, 15) is 14.4 Å². The number of likely N-dealkylation sites (N-methyl/N-ethyl adjacent to an activating group) is 1. The molecule has 0 aliphatic heterocycles. The molecule has 116 valence electrons. The highest BCUT2D eigenvalue weighted by Crippen LogP contribution is 1.90. The van der Waals surface area contributed by atoms with E-state index in [1.807, 2.05) is 11.9 Å². The number of aliphatic carboxylic acids is 2. The molecule has 0 aromatic rings. The first-order valence-corrected chi connectivity index (χ1v) is 6.00. The summed E-state index contributed by atoms with van der Waals surface area (Å²) >= 11 is 0. The predicted molar refractivity (Wildman–Crippen MR) is 69.6 cm³/mol. The second kappa shape index (κ2) is 9.98. The fourth-order valence-corrected chi connectivity index (χ4v) is 1.35. The molecule has 0 radical (unpaired) electrons. The molecule has 3 N–H and O–H groups in total. The lowest BCUT2D eigenvalue weighted by atomic mass is 10.4. The van der Waals surface area contributed by atoms with Crippen molar-refractivity contribution >= 4 is 18.0 Å². The number of carbonyl (C=O) groups is 3. The molecule has 0 aliphatic carbocycles. The molecule has 0 spiro atoms. The Morgan fingerprint density at radius 2 is 1.65 bits per heavy atom. The van der Waals surface area contributed by atoms with Gasteiger partial charge >= 0.3 is 18.0 Å². The number of carboxylic acids is 2. The number of carbonyl (C=O) groups excluding carboxylic acids is 1. The molecule has 0 aliphatic rings. The third kappa shape index (κ3) is 9.11. The highest BCUT2D eigenvalue weighted by molar-refractivity contribution is 5.84. The molecule has 9 nitrogen and oxygen atoms in total. The zero-order chi connectivity index (χ0) is 15.5. The van der Waals surface area contributed by atoms with Crippen molar-refractivity contribution in [2.75, 3.05) is 53.5 Å². The van der Waals surface area contributed by atoms with Gasteiger partial charge in [-0.25, -0.2) is 4.79 Å². The fourth-order valence-electron chi connectivity index (χ4n) is 1.35. The summed E-state index contributed by atoms with van der Waals surface area (Å²) in [4.78, 5) is 35.4. The van der Waals surface area contributed by atoms with Crippen molar-refractivity contribution in [2.24, 2.45) is 0 Å². The van der Waals surface area contributed by atoms with E-state index in [1.165, 1.54) is 0 Å². The van der Waals surface area contributed by atoms with Crippen LogP contribution in [0.25, 0.3) is 0 Å². The Hall–Kier alpha value is -1.87. The number of ether oxygens (including phenoxy) is 1. The van der Waals surface area contributed by atoms with Gasteiger partial charge in [-0.15, -0.1) is 0 Å². The average molecular weight is 291 g/mol. The number of nitrogens with zero attached hydrogens (tertiary/aromatic N) is 2. The second-order valence-electron chi connectivity index (χ2n) is 4.17. The van der Waals surface area contributed by atoms with Crippen molar-refractivity contribution in [3.05, 3.63) is 0 Å². The quantitative estimate of drug-likeness (QED) is 0.460. The Labute approximate surface area is 117 Å². The second-order valence-corrected chi connectivity index (χ2v) is 4.17. The standard InChI is InChI=1S/C11H21N3O6/c1-13(5-6-20-2)4-3-12-11(19)14(7-9(15)16)8-10(17)18/h3-8H2,1-2H3,(H,12,19)(H,15,16)(H,17,18). The highest BCUT2D eigenvalue weighted by atomic mass is 16.5. The molecule has 0 saturated carbocycles. The van der Waals surface area contributed by atoms with Crippen molar-refractivity contribution in [1.29, 1.82) is 0 Å². The molecule has 0 atom stereocenters. The number of hydrogen-bond donors (Lipinski definition) is 3. The summed E-state index contributed by atoms with van der Waals surface area (Å²) in [5.74, 6) is -2.53. The van der Waals surface area contributed by atoms with E-state index in [2.05, 4.69) is 5.32 Å². The number of carboxylic acid groups (broad SMARTS) is 2. The number of methoxy groups -OCH3 is 1. The summed E-state index contributed by atoms with van der Waals surface area (Å²) in [6, 6.07) is -0.713. The molecule has 20 heavy (non-hydrogen) atoms. The van der Waals surface area contributed by atoms with Gasteiger partial charge in [0.2, 0.25) is 0 Å². The third-order valence-electron chi connectivity index (χ3n) is 2.39. The van der Waals surface area contributed by atoms with Crippen LogP contribution in [0, 0.1) is 0 Å². The first kappa shape index (κ1) is 18.1. The Balaban J connectivity index is 4.12. The molecule has 9 heteroatoms. The normalized spacial score (nSPS) is 10.3. The molecule has 2 amide bonds. The van der Waals surface area contributed by atoms with E-state index in [4.69, 9.17) is 14.9 Å². The van der Waals surface area contributed by atoms with Crippen LogP contribution in [0.4, 0.5) is 4.79 Å². The average Bonchev–Trinajstić information content (AvgIpc) is 2.34. The van der Waals surface area contributed by atoms with E-state index in [-0.39, 0.29) is 6.54 Å². The fraction of sp³-hybridized carbons (Fsp3) is 0.727. The van der Waals surface area contributed by atoms with Gasteiger partial charge in [-0.1, -0.05) is 0 Å². The van der Waals surface area contributed by atoms with Gasteiger partial charge < -0.3 is 30.1 Å². The van der Waals surface area contributed by atoms with Gasteiger partial charge in [0.05, 0.1) is 6.61 Å². The zero-order valence-corrected chi connectivity index (χ0v) is 11.7. The first-order valence-electron chi connectivity index (χ1n) is 6.00. The molecule has 0 aromatic carbocycles. The van der Waals surface area contributed by atoms with E-state index < -0.39 is 31.1 Å². The smallest absolute Gasteiger partial charge is 0.323 e. The molecule has 0 fully saturated rings. The number of hydrogen-bond acceptors (Lipinski definition) is 5. The van der Waals surface area contributed by atoms with Crippen molar-refractivity contribution < 1.29 is 29.3 Å². The van der Waals surface area contributed by atoms with Crippen LogP contribution in [0.1, 0.15) is 0 Å². The SMILES string of the molecule is COCCN(C)CCNC(=O)N(CC(=O)O)CC(=O)O. The van der Waals surface area contributed by atoms with Gasteiger partial charge in [-0.3, -0.25) is 9.59 Å². The van der Waals surface area contributed by atoms with Crippen LogP contribution in [-0.4, -0.2) is 91.5 Å². The van der Waals surface area contributed by atoms with Crippen molar-refractivity contribution in [3.63, 3.8) is 0 Å². The molecule has 0 heterocycles. The van der Waals surface area contributed by atoms with E-state index in [0.717, 1.165) is 4.90 Å². The van der Waals surface area contributed by atoms with Gasteiger partial charge in [0.25, 0.3) is 0 Å². The number of amides is 2. The monoisotopic (exact) mass is 291 g/mol. The number of nitrogens with one attached hydrogen (secondary N) is 1. The van der Waals surface area contributed by atoms with Crippen LogP contribution in [0.3, 0.4) is 0 Å². The van der Waals surface area contributed by atoms with Gasteiger partial charge in [0.15, 0.2) is 0 Å². The summed E-state index contributed by atoms with van der Waals surface area (Å²) in [5.41, 5.74) is 0. The Kier molecular flexibility index (Phi) is 9.05. The molecule has 0 unspecified atom stereocenters. The molecule has 0 rings (SSSR count). The predicted octanol–water partition coefficient (Wildman–Crippen LogP) is -1.25. The van der Waals surface area contributed by atoms with Crippen LogP contribution < -0.4 is 5.32 Å². The first-order chi connectivity index (χ1) is 9.36. The van der Waals surface area contributed by atoms with Crippen LogP contribution in [0.2, 0.25) is 0 Å². The van der Waals surface area contributed by atoms with Gasteiger partial charge in [0.1, 0.15) is 13.1 Å². The lowest BCUT2D eigenvalue weighted by Gasteiger charge is -2.21. The minimum absolute atomic E-state index is 0.286. The maximum absolute atomic E-state index is 11.7. The molecule has 0 bridgehead atoms. The lowest BCUT2D eigenvalue weighted by molar-refractivity contribution is -0.140. The number of rotatable bonds is 10. The minimum atomic E-state index is -1.27. The van der Waals surface area contributed by atoms with Crippen molar-refractivity contribution in [1.82, 2.24) is 15.1 Å². The summed E-state index contributed by atoms with van der Waals surface area (Å²) in [6.45, 7) is 0.780. The zero-order valence-electron chi connectivity index (χ0n) is 11.7. The summed E-state index contributed by atoms with van der Waals surface area (Å²) in [5, 5.41) is 19.7. The summed E-state index contributed by atoms with van der Waals surface area (Å²) in [7, 11) is 3.43. The molecule has 0 aromatic heterocycles. The summed E-state index contributed by atoms with van der Waals surface area (Å²) in [6.07, 6.45) is 0. The number of urea groups is 1. The van der Waals surface area contributed by atoms with Crippen LogP contribution >= 0.6 is 0 Å². The Bertz CT molecular complexity index is 320. The van der Waals surface area contributed by atoms with Crippen molar-refractivity contribution in [3.8, 4) is 0 Å². The maximum atomic E-state index is 11.7. The third-order valence-corrected chi connectivity index (χ3v) is 2.39. The van der Waals surface area contributed by atoms with Gasteiger partial charge in [-0.05, 0) is 7.05 Å². The summed E-state index contributed by atoms with van der Waals surface area (Å²) < 4.78 is 4.90. The van der Waals surface area contributed by atoms with Gasteiger partial charge in [-0.2, -0.15) is 0 Å².